The Balaban J connectivity index is 1.65. The van der Waals surface area contributed by atoms with E-state index in [4.69, 9.17) is 4.74 Å². The first-order valence-electron chi connectivity index (χ1n) is 10.0. The normalized spacial score (nSPS) is 17.2. The minimum Gasteiger partial charge on any atom is -0.488 e. The summed E-state index contributed by atoms with van der Waals surface area (Å²) in [6, 6.07) is 5.34. The fourth-order valence-corrected chi connectivity index (χ4v) is 5.45. The fraction of sp³-hybridized carbons (Fsp3) is 0.273. The van der Waals surface area contributed by atoms with Crippen LogP contribution in [0.3, 0.4) is 0 Å². The second kappa shape index (κ2) is 9.16. The van der Waals surface area contributed by atoms with Gasteiger partial charge in [0.15, 0.2) is 0 Å². The van der Waals surface area contributed by atoms with Gasteiger partial charge in [-0.15, -0.1) is 0 Å². The van der Waals surface area contributed by atoms with Crippen molar-refractivity contribution >= 4 is 27.0 Å². The van der Waals surface area contributed by atoms with E-state index in [2.05, 4.69) is 0 Å². The Morgan fingerprint density at radius 3 is 2.50 bits per heavy atom. The first-order chi connectivity index (χ1) is 15.9. The van der Waals surface area contributed by atoms with Crippen LogP contribution in [0.15, 0.2) is 52.1 Å². The molecule has 1 aliphatic heterocycles. The summed E-state index contributed by atoms with van der Waals surface area (Å²) < 4.78 is 103. The number of sulfonamides is 1. The van der Waals surface area contributed by atoms with Gasteiger partial charge in [0.2, 0.25) is 0 Å². The van der Waals surface area contributed by atoms with Crippen molar-refractivity contribution in [3.8, 4) is 16.9 Å². The highest BCUT2D eigenvalue weighted by molar-refractivity contribution is 7.92. The molecule has 0 amide bonds. The molecule has 4 rings (SSSR count). The van der Waals surface area contributed by atoms with E-state index in [1.54, 1.807) is 23.9 Å². The third-order valence-corrected chi connectivity index (χ3v) is 7.40. The highest BCUT2D eigenvalue weighted by Crippen LogP contribution is 2.39. The van der Waals surface area contributed by atoms with Crippen molar-refractivity contribution in [1.82, 2.24) is 4.90 Å². The van der Waals surface area contributed by atoms with E-state index in [0.717, 1.165) is 18.2 Å². The molecule has 1 atom stereocenters. The van der Waals surface area contributed by atoms with Crippen LogP contribution in [0.4, 0.5) is 27.6 Å². The summed E-state index contributed by atoms with van der Waals surface area (Å²) in [5.74, 6) is -2.71. The van der Waals surface area contributed by atoms with Crippen molar-refractivity contribution in [2.24, 2.45) is 0 Å². The standard InChI is InChI=1S/C22H19F5N2O3S2/c1-29-6-4-15(11-29)32-20-8-14(2-3-17(20)22(25,26)27)28-34(30,31)21-10-18(23)16(9-19(21)24)13-5-7-33-12-13/h2-3,5,7-10,12,15,28H,4,6,11H2,1H3/t15-/m1/s1. The van der Waals surface area contributed by atoms with Crippen LogP contribution in [0, 0.1) is 11.6 Å². The maximum absolute atomic E-state index is 14.7. The van der Waals surface area contributed by atoms with E-state index in [0.29, 0.717) is 37.2 Å². The van der Waals surface area contributed by atoms with Crippen molar-refractivity contribution < 1.29 is 35.1 Å². The molecule has 0 saturated carbocycles. The molecule has 182 valence electrons. The summed E-state index contributed by atoms with van der Waals surface area (Å²) >= 11 is 1.26. The number of likely N-dealkylation sites (tertiary alicyclic amines) is 1. The third-order valence-electron chi connectivity index (χ3n) is 5.32. The zero-order valence-electron chi connectivity index (χ0n) is 17.7. The highest BCUT2D eigenvalue weighted by atomic mass is 32.2. The van der Waals surface area contributed by atoms with E-state index in [1.165, 1.54) is 11.3 Å². The van der Waals surface area contributed by atoms with Gasteiger partial charge in [-0.05, 0) is 60.1 Å². The molecule has 1 fully saturated rings. The second-order valence-electron chi connectivity index (χ2n) is 7.88. The number of anilines is 1. The largest absolute Gasteiger partial charge is 0.488 e. The number of hydrogen-bond acceptors (Lipinski definition) is 5. The number of nitrogens with one attached hydrogen (secondary N) is 1. The van der Waals surface area contributed by atoms with Gasteiger partial charge in [0.1, 0.15) is 28.4 Å². The second-order valence-corrected chi connectivity index (χ2v) is 10.3. The Morgan fingerprint density at radius 1 is 1.12 bits per heavy atom. The molecule has 5 nitrogen and oxygen atoms in total. The lowest BCUT2D eigenvalue weighted by Crippen LogP contribution is -2.23. The molecule has 3 aromatic rings. The van der Waals surface area contributed by atoms with E-state index in [9.17, 15) is 30.4 Å². The lowest BCUT2D eigenvalue weighted by molar-refractivity contribution is -0.139. The number of nitrogens with zero attached hydrogens (tertiary/aromatic N) is 1. The SMILES string of the molecule is CN1CC[C@@H](Oc2cc(NS(=O)(=O)c3cc(F)c(-c4ccsc4)cc3F)ccc2C(F)(F)F)C1. The number of likely N-dealkylation sites (N-methyl/N-ethyl adjacent to an activating group) is 1. The van der Waals surface area contributed by atoms with Gasteiger partial charge in [0.05, 0.1) is 11.3 Å². The summed E-state index contributed by atoms with van der Waals surface area (Å²) in [6.07, 6.45) is -4.73. The van der Waals surface area contributed by atoms with E-state index < -0.39 is 50.1 Å². The van der Waals surface area contributed by atoms with Gasteiger partial charge in [0.25, 0.3) is 10.0 Å². The predicted octanol–water partition coefficient (Wildman–Crippen LogP) is 5.60. The van der Waals surface area contributed by atoms with Gasteiger partial charge in [0, 0.05) is 24.7 Å². The fourth-order valence-electron chi connectivity index (χ4n) is 3.67. The minimum absolute atomic E-state index is 0.107. The van der Waals surface area contributed by atoms with Crippen molar-refractivity contribution in [3.63, 3.8) is 0 Å². The lowest BCUT2D eigenvalue weighted by atomic mass is 10.1. The molecule has 1 aliphatic rings. The average molecular weight is 519 g/mol. The number of hydrogen-bond donors (Lipinski definition) is 1. The first-order valence-corrected chi connectivity index (χ1v) is 12.5. The van der Waals surface area contributed by atoms with Crippen LogP contribution in [-0.4, -0.2) is 39.6 Å². The molecule has 0 aliphatic carbocycles. The topological polar surface area (TPSA) is 58.6 Å². The van der Waals surface area contributed by atoms with E-state index in [1.807, 2.05) is 9.62 Å². The van der Waals surface area contributed by atoms with Crippen LogP contribution < -0.4 is 9.46 Å². The molecule has 2 aromatic carbocycles. The molecule has 1 aromatic heterocycles. The molecule has 0 bridgehead atoms. The van der Waals surface area contributed by atoms with Gasteiger partial charge in [-0.2, -0.15) is 24.5 Å². The van der Waals surface area contributed by atoms with Gasteiger partial charge in [-0.25, -0.2) is 17.2 Å². The summed E-state index contributed by atoms with van der Waals surface area (Å²) in [4.78, 5) is 0.922. The van der Waals surface area contributed by atoms with Crippen LogP contribution in [-0.2, 0) is 16.2 Å². The Morgan fingerprint density at radius 2 is 1.88 bits per heavy atom. The van der Waals surface area contributed by atoms with Crippen molar-refractivity contribution in [1.29, 1.82) is 0 Å². The van der Waals surface area contributed by atoms with Gasteiger partial charge < -0.3 is 9.64 Å². The first kappa shape index (κ1) is 24.4. The lowest BCUT2D eigenvalue weighted by Gasteiger charge is -2.19. The number of halogens is 5. The Hall–Kier alpha value is -2.70. The maximum atomic E-state index is 14.7. The molecular formula is C22H19F5N2O3S2. The maximum Gasteiger partial charge on any atom is 0.419 e. The zero-order chi connectivity index (χ0) is 24.7. The Kier molecular flexibility index (Phi) is 6.58. The molecule has 12 heteroatoms. The van der Waals surface area contributed by atoms with Crippen LogP contribution in [0.2, 0.25) is 0 Å². The van der Waals surface area contributed by atoms with Crippen LogP contribution in [0.1, 0.15) is 12.0 Å². The molecule has 1 saturated heterocycles. The number of thiophene rings is 1. The highest BCUT2D eigenvalue weighted by Gasteiger charge is 2.36. The third kappa shape index (κ3) is 5.18. The molecule has 0 radical (unpaired) electrons. The van der Waals surface area contributed by atoms with Gasteiger partial charge in [-0.3, -0.25) is 4.72 Å². The molecule has 1 N–H and O–H groups in total. The predicted molar refractivity (Wildman–Crippen MR) is 118 cm³/mol. The Labute approximate surface area is 196 Å². The average Bonchev–Trinajstić information content (AvgIpc) is 3.40. The number of alkyl halides is 3. The summed E-state index contributed by atoms with van der Waals surface area (Å²) in [5.41, 5.74) is -1.07. The molecular weight excluding hydrogens is 499 g/mol. The molecule has 0 spiro atoms. The van der Waals surface area contributed by atoms with Crippen LogP contribution in [0.25, 0.3) is 11.1 Å². The van der Waals surface area contributed by atoms with Crippen molar-refractivity contribution in [3.05, 3.63) is 64.4 Å². The van der Waals surface area contributed by atoms with Crippen molar-refractivity contribution in [2.45, 2.75) is 23.6 Å². The Bertz CT molecular complexity index is 1290. The number of benzene rings is 2. The summed E-state index contributed by atoms with van der Waals surface area (Å²) in [7, 11) is -2.86. The minimum atomic E-state index is -4.73. The van der Waals surface area contributed by atoms with Crippen LogP contribution >= 0.6 is 11.3 Å². The summed E-state index contributed by atoms with van der Waals surface area (Å²) in [6.45, 7) is 1.05. The van der Waals surface area contributed by atoms with Gasteiger partial charge in [-0.1, -0.05) is 0 Å². The monoisotopic (exact) mass is 518 g/mol. The number of rotatable bonds is 6. The van der Waals surface area contributed by atoms with E-state index in [-0.39, 0.29) is 11.3 Å². The van der Waals surface area contributed by atoms with Crippen molar-refractivity contribution in [2.75, 3.05) is 24.9 Å². The molecule has 0 unspecified atom stereocenters. The number of ether oxygens (including phenoxy) is 1. The summed E-state index contributed by atoms with van der Waals surface area (Å²) in [5, 5.41) is 3.24. The molecule has 2 heterocycles. The molecule has 34 heavy (non-hydrogen) atoms. The van der Waals surface area contributed by atoms with E-state index >= 15 is 0 Å². The van der Waals surface area contributed by atoms with Gasteiger partial charge >= 0.3 is 6.18 Å². The zero-order valence-corrected chi connectivity index (χ0v) is 19.3. The van der Waals surface area contributed by atoms with Crippen LogP contribution in [0.5, 0.6) is 5.75 Å². The quantitative estimate of drug-likeness (QED) is 0.432. The smallest absolute Gasteiger partial charge is 0.419 e.